The summed E-state index contributed by atoms with van der Waals surface area (Å²) >= 11 is 0. The summed E-state index contributed by atoms with van der Waals surface area (Å²) in [6.45, 7) is 0.775. The molecular formula is C14H16O4. The molecule has 4 heteroatoms. The summed E-state index contributed by atoms with van der Waals surface area (Å²) in [5.74, 6) is -0.479. The SMILES string of the molecule is O=C1Cc2ccccc2CC(=O)OCCCCO1. The van der Waals surface area contributed by atoms with Gasteiger partial charge in [0.25, 0.3) is 0 Å². The molecule has 0 N–H and O–H groups in total. The molecule has 0 atom stereocenters. The highest BCUT2D eigenvalue weighted by Gasteiger charge is 2.13. The van der Waals surface area contributed by atoms with Gasteiger partial charge in [-0.25, -0.2) is 0 Å². The quantitative estimate of drug-likeness (QED) is 0.655. The van der Waals surface area contributed by atoms with Gasteiger partial charge in [-0.05, 0) is 24.0 Å². The number of cyclic esters (lactones) is 2. The normalized spacial score (nSPS) is 17.8. The molecule has 2 rings (SSSR count). The van der Waals surface area contributed by atoms with Crippen LogP contribution >= 0.6 is 0 Å². The Balaban J connectivity index is 2.17. The Morgan fingerprint density at radius 1 is 0.778 bits per heavy atom. The first-order chi connectivity index (χ1) is 8.75. The molecule has 0 saturated carbocycles. The largest absolute Gasteiger partial charge is 0.465 e. The van der Waals surface area contributed by atoms with Crippen LogP contribution in [0, 0.1) is 0 Å². The van der Waals surface area contributed by atoms with Gasteiger partial charge in [0.2, 0.25) is 0 Å². The van der Waals surface area contributed by atoms with Crippen molar-refractivity contribution in [2.45, 2.75) is 25.7 Å². The molecule has 0 aromatic heterocycles. The van der Waals surface area contributed by atoms with Gasteiger partial charge in [-0.15, -0.1) is 0 Å². The zero-order valence-corrected chi connectivity index (χ0v) is 10.2. The van der Waals surface area contributed by atoms with Crippen LogP contribution < -0.4 is 0 Å². The minimum absolute atomic E-state index is 0.212. The number of ether oxygens (including phenoxy) is 2. The Labute approximate surface area is 106 Å². The molecule has 96 valence electrons. The molecule has 1 aromatic rings. The Hall–Kier alpha value is -1.84. The second kappa shape index (κ2) is 6.19. The number of rotatable bonds is 0. The van der Waals surface area contributed by atoms with E-state index in [-0.39, 0.29) is 24.8 Å². The maximum atomic E-state index is 11.6. The molecule has 1 aromatic carbocycles. The van der Waals surface area contributed by atoms with E-state index in [4.69, 9.17) is 9.47 Å². The van der Waals surface area contributed by atoms with Gasteiger partial charge < -0.3 is 9.47 Å². The van der Waals surface area contributed by atoms with Gasteiger partial charge in [0, 0.05) is 0 Å². The first-order valence-electron chi connectivity index (χ1n) is 6.14. The van der Waals surface area contributed by atoms with Crippen LogP contribution in [-0.4, -0.2) is 25.2 Å². The van der Waals surface area contributed by atoms with Crippen molar-refractivity contribution >= 4 is 11.9 Å². The molecule has 0 saturated heterocycles. The van der Waals surface area contributed by atoms with Crippen molar-refractivity contribution in [1.29, 1.82) is 0 Å². The first-order valence-corrected chi connectivity index (χ1v) is 6.14. The fraction of sp³-hybridized carbons (Fsp3) is 0.429. The molecule has 0 fully saturated rings. The molecule has 0 aliphatic carbocycles. The number of hydrogen-bond donors (Lipinski definition) is 0. The van der Waals surface area contributed by atoms with Crippen LogP contribution in [0.1, 0.15) is 24.0 Å². The molecule has 1 aliphatic rings. The molecule has 1 heterocycles. The van der Waals surface area contributed by atoms with Gasteiger partial charge in [0.15, 0.2) is 0 Å². The fourth-order valence-electron chi connectivity index (χ4n) is 1.89. The van der Waals surface area contributed by atoms with E-state index in [1.165, 1.54) is 0 Å². The fourth-order valence-corrected chi connectivity index (χ4v) is 1.89. The number of hydrogen-bond acceptors (Lipinski definition) is 4. The third kappa shape index (κ3) is 3.58. The van der Waals surface area contributed by atoms with Crippen molar-refractivity contribution in [2.75, 3.05) is 13.2 Å². The zero-order chi connectivity index (χ0) is 12.8. The van der Waals surface area contributed by atoms with Gasteiger partial charge in [-0.2, -0.15) is 0 Å². The van der Waals surface area contributed by atoms with Crippen LogP contribution in [0.15, 0.2) is 24.3 Å². The molecule has 18 heavy (non-hydrogen) atoms. The zero-order valence-electron chi connectivity index (χ0n) is 10.2. The lowest BCUT2D eigenvalue weighted by Gasteiger charge is -2.11. The Morgan fingerprint density at radius 2 is 1.22 bits per heavy atom. The topological polar surface area (TPSA) is 52.6 Å². The first kappa shape index (κ1) is 12.6. The second-order valence-corrected chi connectivity index (χ2v) is 4.27. The van der Waals surface area contributed by atoms with E-state index in [9.17, 15) is 9.59 Å². The van der Waals surface area contributed by atoms with Gasteiger partial charge in [-0.1, -0.05) is 24.3 Å². The average molecular weight is 248 g/mol. The van der Waals surface area contributed by atoms with Crippen LogP contribution in [0.3, 0.4) is 0 Å². The highest BCUT2D eigenvalue weighted by Crippen LogP contribution is 2.12. The number of carbonyl (C=O) groups is 2. The van der Waals surface area contributed by atoms with E-state index in [1.807, 2.05) is 24.3 Å². The van der Waals surface area contributed by atoms with E-state index in [0.717, 1.165) is 24.0 Å². The maximum Gasteiger partial charge on any atom is 0.310 e. The summed E-state index contributed by atoms with van der Waals surface area (Å²) in [4.78, 5) is 23.2. The van der Waals surface area contributed by atoms with Gasteiger partial charge >= 0.3 is 11.9 Å². The van der Waals surface area contributed by atoms with Crippen LogP contribution in [0.2, 0.25) is 0 Å². The second-order valence-electron chi connectivity index (χ2n) is 4.27. The van der Waals surface area contributed by atoms with Crippen molar-refractivity contribution in [3.05, 3.63) is 35.4 Å². The highest BCUT2D eigenvalue weighted by atomic mass is 16.5. The van der Waals surface area contributed by atoms with Gasteiger partial charge in [-0.3, -0.25) is 9.59 Å². The molecule has 0 spiro atoms. The summed E-state index contributed by atoms with van der Waals surface area (Å²) in [5.41, 5.74) is 1.67. The Morgan fingerprint density at radius 3 is 1.67 bits per heavy atom. The monoisotopic (exact) mass is 248 g/mol. The summed E-state index contributed by atoms with van der Waals surface area (Å²) in [6.07, 6.45) is 1.87. The van der Waals surface area contributed by atoms with Gasteiger partial charge in [0.05, 0.1) is 26.1 Å². The third-order valence-electron chi connectivity index (χ3n) is 2.85. The van der Waals surface area contributed by atoms with Crippen molar-refractivity contribution in [3.8, 4) is 0 Å². The average Bonchev–Trinajstić information content (AvgIpc) is 2.34. The maximum absolute atomic E-state index is 11.6. The van der Waals surface area contributed by atoms with Crippen molar-refractivity contribution in [1.82, 2.24) is 0 Å². The highest BCUT2D eigenvalue weighted by molar-refractivity contribution is 5.76. The van der Waals surface area contributed by atoms with E-state index < -0.39 is 0 Å². The third-order valence-corrected chi connectivity index (χ3v) is 2.85. The number of carbonyl (C=O) groups excluding carboxylic acids is 2. The molecule has 0 unspecified atom stereocenters. The predicted molar refractivity (Wildman–Crippen MR) is 65.0 cm³/mol. The van der Waals surface area contributed by atoms with E-state index in [0.29, 0.717) is 13.2 Å². The molecule has 4 nitrogen and oxygen atoms in total. The lowest BCUT2D eigenvalue weighted by atomic mass is 10.0. The summed E-state index contributed by atoms with van der Waals surface area (Å²) in [5, 5.41) is 0. The molecule has 1 aliphatic heterocycles. The number of fused-ring (bicyclic) bond motifs is 1. The molecule has 0 radical (unpaired) electrons. The van der Waals surface area contributed by atoms with Crippen LogP contribution in [0.5, 0.6) is 0 Å². The van der Waals surface area contributed by atoms with Crippen LogP contribution in [0.4, 0.5) is 0 Å². The Bertz CT molecular complexity index is 398. The smallest absolute Gasteiger partial charge is 0.310 e. The van der Waals surface area contributed by atoms with Crippen LogP contribution in [-0.2, 0) is 31.9 Å². The van der Waals surface area contributed by atoms with Gasteiger partial charge in [0.1, 0.15) is 0 Å². The van der Waals surface area contributed by atoms with Crippen LogP contribution in [0.25, 0.3) is 0 Å². The minimum Gasteiger partial charge on any atom is -0.465 e. The van der Waals surface area contributed by atoms with Crippen molar-refractivity contribution in [2.24, 2.45) is 0 Å². The van der Waals surface area contributed by atoms with E-state index >= 15 is 0 Å². The van der Waals surface area contributed by atoms with E-state index in [2.05, 4.69) is 0 Å². The lowest BCUT2D eigenvalue weighted by molar-refractivity contribution is -0.145. The van der Waals surface area contributed by atoms with Crippen molar-refractivity contribution < 1.29 is 19.1 Å². The minimum atomic E-state index is -0.239. The summed E-state index contributed by atoms with van der Waals surface area (Å²) in [7, 11) is 0. The van der Waals surface area contributed by atoms with E-state index in [1.54, 1.807) is 0 Å². The predicted octanol–water partition coefficient (Wildman–Crippen LogP) is 1.65. The Kier molecular flexibility index (Phi) is 4.34. The standard InChI is InChI=1S/C14H16O4/c15-13-9-11-5-1-2-6-12(11)10-14(16)18-8-4-3-7-17-13/h1-2,5-6H,3-4,7-10H2. The summed E-state index contributed by atoms with van der Waals surface area (Å²) < 4.78 is 10.2. The molecule has 0 amide bonds. The lowest BCUT2D eigenvalue weighted by Crippen LogP contribution is -2.16. The van der Waals surface area contributed by atoms with Crippen molar-refractivity contribution in [3.63, 3.8) is 0 Å². The summed E-state index contributed by atoms with van der Waals surface area (Å²) in [6, 6.07) is 7.39. The molecular weight excluding hydrogens is 232 g/mol. The molecule has 0 bridgehead atoms. The number of esters is 2. The number of benzene rings is 1.